The van der Waals surface area contributed by atoms with Crippen LogP contribution >= 0.6 is 0 Å². The Kier molecular flexibility index (Phi) is 6.90. The zero-order valence-electron chi connectivity index (χ0n) is 24.6. The van der Waals surface area contributed by atoms with E-state index in [1.54, 1.807) is 20.8 Å². The minimum atomic E-state index is -0.845. The second kappa shape index (κ2) is 8.83. The van der Waals surface area contributed by atoms with E-state index in [-0.39, 0.29) is 33.7 Å². The van der Waals surface area contributed by atoms with Crippen molar-refractivity contribution in [1.29, 1.82) is 0 Å². The van der Waals surface area contributed by atoms with Crippen LogP contribution in [0.5, 0.6) is 0 Å². The zero-order valence-corrected chi connectivity index (χ0v) is 24.6. The Morgan fingerprint density at radius 1 is 0.889 bits per heavy atom. The van der Waals surface area contributed by atoms with Gasteiger partial charge in [0.25, 0.3) is 0 Å². The molecule has 4 fully saturated rings. The van der Waals surface area contributed by atoms with Crippen molar-refractivity contribution in [3.63, 3.8) is 0 Å². The third kappa shape index (κ3) is 4.31. The topological polar surface area (TPSA) is 66.8 Å². The second-order valence-electron chi connectivity index (χ2n) is 15.4. The molecule has 4 saturated carbocycles. The molecule has 2 N–H and O–H groups in total. The summed E-state index contributed by atoms with van der Waals surface area (Å²) in [6.45, 7) is 19.6. The van der Waals surface area contributed by atoms with Crippen molar-refractivity contribution in [3.8, 4) is 0 Å². The van der Waals surface area contributed by atoms with E-state index < -0.39 is 11.2 Å². The summed E-state index contributed by atoms with van der Waals surface area (Å²) in [5.74, 6) is 1.92. The van der Waals surface area contributed by atoms with Crippen molar-refractivity contribution < 1.29 is 19.7 Å². The van der Waals surface area contributed by atoms with Gasteiger partial charge >= 0.3 is 5.97 Å². The van der Waals surface area contributed by atoms with Gasteiger partial charge in [-0.2, -0.15) is 0 Å². The summed E-state index contributed by atoms with van der Waals surface area (Å²) in [6.07, 6.45) is 13.7. The fourth-order valence-electron chi connectivity index (χ4n) is 10.6. The fourth-order valence-corrected chi connectivity index (χ4v) is 10.6. The molecule has 36 heavy (non-hydrogen) atoms. The van der Waals surface area contributed by atoms with Crippen molar-refractivity contribution in [2.24, 2.45) is 45.3 Å². The maximum Gasteiger partial charge on any atom is 0.302 e. The molecule has 4 rings (SSSR count). The Labute approximate surface area is 220 Å². The molecule has 4 aliphatic carbocycles. The highest BCUT2D eigenvalue weighted by molar-refractivity contribution is 5.66. The monoisotopic (exact) mass is 502 g/mol. The van der Waals surface area contributed by atoms with E-state index >= 15 is 0 Å². The summed E-state index contributed by atoms with van der Waals surface area (Å²) < 4.78 is 5.87. The minimum absolute atomic E-state index is 0.00749. The molecule has 9 atom stereocenters. The average molecular weight is 503 g/mol. The number of rotatable bonds is 5. The van der Waals surface area contributed by atoms with Gasteiger partial charge in [-0.25, -0.2) is 0 Å². The molecule has 4 nitrogen and oxygen atoms in total. The summed E-state index contributed by atoms with van der Waals surface area (Å²) in [4.78, 5) is 11.9. The van der Waals surface area contributed by atoms with Crippen molar-refractivity contribution in [1.82, 2.24) is 0 Å². The van der Waals surface area contributed by atoms with Crippen molar-refractivity contribution >= 4 is 5.97 Å². The van der Waals surface area contributed by atoms with Gasteiger partial charge in [0.2, 0.25) is 0 Å². The smallest absolute Gasteiger partial charge is 0.302 e. The highest BCUT2D eigenvalue weighted by Gasteiger charge is 2.69. The summed E-state index contributed by atoms with van der Waals surface area (Å²) in [6, 6.07) is 0. The van der Waals surface area contributed by atoms with Gasteiger partial charge < -0.3 is 14.9 Å². The average Bonchev–Trinajstić information content (AvgIpc) is 3.08. The lowest BCUT2D eigenvalue weighted by molar-refractivity contribution is -0.229. The number of hydrogen-bond acceptors (Lipinski definition) is 4. The van der Waals surface area contributed by atoms with Crippen molar-refractivity contribution in [2.45, 2.75) is 137 Å². The Morgan fingerprint density at radius 3 is 2.14 bits per heavy atom. The molecule has 0 heterocycles. The van der Waals surface area contributed by atoms with Crippen LogP contribution in [0.1, 0.15) is 120 Å². The molecule has 4 aliphatic rings. The van der Waals surface area contributed by atoms with E-state index in [0.29, 0.717) is 30.1 Å². The SMILES string of the molecule is CC(=O)O[C@H]1CC[C@]2(C)[C@H]3CC[C@@H]4[C@@H]([C@@](C)(O)C/C=C/C(C)(C)O)CC[C@@]4(C)[C@]3(C)CC[C@H]2C1(C)C. The van der Waals surface area contributed by atoms with Gasteiger partial charge in [0.05, 0.1) is 11.2 Å². The van der Waals surface area contributed by atoms with Crippen LogP contribution in [-0.4, -0.2) is 33.5 Å². The lowest BCUT2D eigenvalue weighted by Crippen LogP contribution is -2.64. The molecule has 0 bridgehead atoms. The first-order valence-corrected chi connectivity index (χ1v) is 14.7. The molecule has 0 aliphatic heterocycles. The first-order valence-electron chi connectivity index (χ1n) is 14.7. The predicted octanol–water partition coefficient (Wildman–Crippen LogP) is 7.07. The van der Waals surface area contributed by atoms with E-state index in [1.807, 2.05) is 19.1 Å². The van der Waals surface area contributed by atoms with Crippen LogP contribution < -0.4 is 0 Å². The molecule has 0 aromatic carbocycles. The predicted molar refractivity (Wildman–Crippen MR) is 145 cm³/mol. The van der Waals surface area contributed by atoms with Crippen LogP contribution in [0.4, 0.5) is 0 Å². The molecule has 206 valence electrons. The largest absolute Gasteiger partial charge is 0.462 e. The molecule has 0 saturated heterocycles. The summed E-state index contributed by atoms with van der Waals surface area (Å²) in [7, 11) is 0. The summed E-state index contributed by atoms with van der Waals surface area (Å²) in [5.41, 5.74) is -0.848. The van der Waals surface area contributed by atoms with E-state index in [0.717, 1.165) is 19.3 Å². The van der Waals surface area contributed by atoms with E-state index in [2.05, 4.69) is 34.6 Å². The quantitative estimate of drug-likeness (QED) is 0.312. The lowest BCUT2D eigenvalue weighted by atomic mass is 9.35. The molecule has 0 amide bonds. The fraction of sp³-hybridized carbons (Fsp3) is 0.906. The first kappa shape index (κ1) is 28.1. The molecular weight excluding hydrogens is 448 g/mol. The molecule has 0 spiro atoms. The Bertz CT molecular complexity index is 881. The molecular formula is C32H54O4. The molecule has 0 aromatic heterocycles. The first-order chi connectivity index (χ1) is 16.4. The molecule has 0 radical (unpaired) electrons. The summed E-state index contributed by atoms with van der Waals surface area (Å²) in [5, 5.41) is 21.8. The number of aliphatic hydroxyl groups is 2. The number of ether oxygens (including phenoxy) is 1. The maximum absolute atomic E-state index is 11.9. The van der Waals surface area contributed by atoms with Crippen LogP contribution in [0, 0.1) is 45.3 Å². The van der Waals surface area contributed by atoms with Gasteiger partial charge in [-0.05, 0) is 118 Å². The highest BCUT2D eigenvalue weighted by atomic mass is 16.5. The van der Waals surface area contributed by atoms with Crippen LogP contribution in [0.3, 0.4) is 0 Å². The number of hydrogen-bond donors (Lipinski definition) is 2. The number of carbonyl (C=O) groups excluding carboxylic acids is 1. The van der Waals surface area contributed by atoms with Gasteiger partial charge in [-0.1, -0.05) is 46.8 Å². The van der Waals surface area contributed by atoms with Gasteiger partial charge in [-0.15, -0.1) is 0 Å². The normalized spacial score (nSPS) is 45.9. The van der Waals surface area contributed by atoms with Crippen molar-refractivity contribution in [3.05, 3.63) is 12.2 Å². The second-order valence-corrected chi connectivity index (χ2v) is 15.4. The van der Waals surface area contributed by atoms with Gasteiger partial charge in [0.1, 0.15) is 6.10 Å². The number of fused-ring (bicyclic) bond motifs is 5. The minimum Gasteiger partial charge on any atom is -0.462 e. The van der Waals surface area contributed by atoms with Crippen molar-refractivity contribution in [2.75, 3.05) is 0 Å². The third-order valence-corrected chi connectivity index (χ3v) is 12.5. The van der Waals surface area contributed by atoms with Gasteiger partial charge in [-0.3, -0.25) is 4.79 Å². The van der Waals surface area contributed by atoms with Crippen LogP contribution in [0.25, 0.3) is 0 Å². The lowest BCUT2D eigenvalue weighted by Gasteiger charge is -2.70. The Hall–Kier alpha value is -0.870. The van der Waals surface area contributed by atoms with Gasteiger partial charge in [0.15, 0.2) is 0 Å². The van der Waals surface area contributed by atoms with E-state index in [1.165, 1.54) is 32.1 Å². The van der Waals surface area contributed by atoms with Crippen LogP contribution in [0.2, 0.25) is 0 Å². The zero-order chi connectivity index (χ0) is 26.9. The number of carbonyl (C=O) groups is 1. The standard InChI is InChI=1S/C32H54O4/c1-21(33)36-26-15-18-29(6)24(28(26,4)5)14-20-31(8)25(29)12-11-22-23(13-19-30(22,31)7)32(9,35)17-10-16-27(2,3)34/h10,16,22-26,34-35H,11-15,17-20H2,1-9H3/b16-10+/t22-,23+,24+,25-,26+,29+,30-,31-,32+/m1/s1. The highest BCUT2D eigenvalue weighted by Crippen LogP contribution is 2.75. The molecule has 4 heteroatoms. The van der Waals surface area contributed by atoms with Crippen LogP contribution in [0.15, 0.2) is 12.2 Å². The molecule has 0 unspecified atom stereocenters. The Balaban J connectivity index is 1.59. The number of esters is 1. The molecule has 0 aromatic rings. The summed E-state index contributed by atoms with van der Waals surface area (Å²) >= 11 is 0. The van der Waals surface area contributed by atoms with Gasteiger partial charge in [0, 0.05) is 12.3 Å². The van der Waals surface area contributed by atoms with E-state index in [9.17, 15) is 15.0 Å². The van der Waals surface area contributed by atoms with E-state index in [4.69, 9.17) is 4.74 Å². The Morgan fingerprint density at radius 2 is 1.53 bits per heavy atom. The third-order valence-electron chi connectivity index (χ3n) is 12.5. The maximum atomic E-state index is 11.9. The van der Waals surface area contributed by atoms with Crippen LogP contribution in [-0.2, 0) is 9.53 Å².